The first-order valence-corrected chi connectivity index (χ1v) is 7.51. The van der Waals surface area contributed by atoms with E-state index in [1.165, 1.54) is 10.4 Å². The summed E-state index contributed by atoms with van der Waals surface area (Å²) < 4.78 is 0. The summed E-state index contributed by atoms with van der Waals surface area (Å²) in [5, 5.41) is 8.51. The van der Waals surface area contributed by atoms with Crippen LogP contribution >= 0.6 is 23.1 Å². The highest BCUT2D eigenvalue weighted by atomic mass is 32.2. The largest absolute Gasteiger partial charge is 0.340 e. The molecule has 0 spiro atoms. The highest BCUT2D eigenvalue weighted by Crippen LogP contribution is 2.32. The van der Waals surface area contributed by atoms with Crippen LogP contribution in [-0.4, -0.2) is 30.2 Å². The Hall–Kier alpha value is -0.990. The van der Waals surface area contributed by atoms with Gasteiger partial charge in [-0.15, -0.1) is 11.3 Å². The molecule has 0 atom stereocenters. The summed E-state index contributed by atoms with van der Waals surface area (Å²) in [4.78, 5) is 15.9. The van der Waals surface area contributed by atoms with Crippen LogP contribution in [0.5, 0.6) is 0 Å². The maximum Gasteiger partial charge on any atom is 0.263 e. The molecule has 0 saturated carbocycles. The summed E-state index contributed by atoms with van der Waals surface area (Å²) in [5.41, 5.74) is 1.32. The summed E-state index contributed by atoms with van der Waals surface area (Å²) >= 11 is 3.54. The van der Waals surface area contributed by atoms with Gasteiger partial charge < -0.3 is 4.90 Å². The van der Waals surface area contributed by atoms with E-state index in [4.69, 9.17) is 5.26 Å². The van der Waals surface area contributed by atoms with E-state index in [1.54, 1.807) is 23.3 Å². The van der Waals surface area contributed by atoms with Gasteiger partial charge in [-0.1, -0.05) is 0 Å². The van der Waals surface area contributed by atoms with Crippen molar-refractivity contribution in [2.45, 2.75) is 18.6 Å². The van der Waals surface area contributed by atoms with Crippen LogP contribution in [0, 0.1) is 11.3 Å². The van der Waals surface area contributed by atoms with Crippen LogP contribution in [0.25, 0.3) is 0 Å². The van der Waals surface area contributed by atoms with Crippen molar-refractivity contribution in [1.29, 1.82) is 5.26 Å². The number of aryl methyl sites for hydroxylation is 1. The van der Waals surface area contributed by atoms with Crippen molar-refractivity contribution in [2.75, 3.05) is 19.3 Å². The SMILES string of the molecule is CN(CCC#N)C(=O)c1cc2c(s1)CCSC2. The Bertz CT molecular complexity index is 438. The third-order valence-electron chi connectivity index (χ3n) is 2.74. The highest BCUT2D eigenvalue weighted by Gasteiger charge is 2.19. The third kappa shape index (κ3) is 2.82. The highest BCUT2D eigenvalue weighted by molar-refractivity contribution is 7.98. The summed E-state index contributed by atoms with van der Waals surface area (Å²) in [7, 11) is 1.76. The Balaban J connectivity index is 2.09. The van der Waals surface area contributed by atoms with Gasteiger partial charge in [0.1, 0.15) is 0 Å². The second-order valence-electron chi connectivity index (χ2n) is 4.00. The first kappa shape index (κ1) is 12.5. The zero-order valence-corrected chi connectivity index (χ0v) is 11.4. The van der Waals surface area contributed by atoms with E-state index in [9.17, 15) is 4.79 Å². The van der Waals surface area contributed by atoms with Gasteiger partial charge in [-0.05, 0) is 23.8 Å². The van der Waals surface area contributed by atoms with Gasteiger partial charge in [0.05, 0.1) is 17.4 Å². The third-order valence-corrected chi connectivity index (χ3v) is 4.98. The van der Waals surface area contributed by atoms with E-state index in [0.29, 0.717) is 13.0 Å². The lowest BCUT2D eigenvalue weighted by Crippen LogP contribution is -2.26. The Morgan fingerprint density at radius 2 is 2.47 bits per heavy atom. The zero-order chi connectivity index (χ0) is 12.3. The lowest BCUT2D eigenvalue weighted by atomic mass is 10.2. The Kier molecular flexibility index (Phi) is 4.08. The molecule has 1 aromatic heterocycles. The Morgan fingerprint density at radius 1 is 1.65 bits per heavy atom. The molecule has 0 radical (unpaired) electrons. The molecule has 0 N–H and O–H groups in total. The van der Waals surface area contributed by atoms with Crippen LogP contribution in [0.2, 0.25) is 0 Å². The second kappa shape index (κ2) is 5.56. The first-order valence-electron chi connectivity index (χ1n) is 5.54. The van der Waals surface area contributed by atoms with Crippen LogP contribution < -0.4 is 0 Å². The lowest BCUT2D eigenvalue weighted by Gasteiger charge is -2.13. The monoisotopic (exact) mass is 266 g/mol. The van der Waals surface area contributed by atoms with Gasteiger partial charge in [-0.3, -0.25) is 4.79 Å². The summed E-state index contributed by atoms with van der Waals surface area (Å²) in [6.45, 7) is 0.507. The number of carbonyl (C=O) groups is 1. The van der Waals surface area contributed by atoms with Gasteiger partial charge in [0.2, 0.25) is 0 Å². The molecule has 1 aliphatic heterocycles. The van der Waals surface area contributed by atoms with Crippen molar-refractivity contribution in [3.8, 4) is 6.07 Å². The fourth-order valence-corrected chi connectivity index (χ4v) is 4.13. The van der Waals surface area contributed by atoms with Gasteiger partial charge in [-0.25, -0.2) is 0 Å². The van der Waals surface area contributed by atoms with Crippen LogP contribution in [0.15, 0.2) is 6.07 Å². The van der Waals surface area contributed by atoms with Crippen molar-refractivity contribution in [3.63, 3.8) is 0 Å². The molecule has 0 aliphatic carbocycles. The number of fused-ring (bicyclic) bond motifs is 1. The second-order valence-corrected chi connectivity index (χ2v) is 6.24. The normalized spacial score (nSPS) is 13.9. The van der Waals surface area contributed by atoms with Gasteiger partial charge in [0, 0.05) is 24.2 Å². The van der Waals surface area contributed by atoms with E-state index in [2.05, 4.69) is 6.07 Å². The quantitative estimate of drug-likeness (QED) is 0.844. The average Bonchev–Trinajstić information content (AvgIpc) is 2.78. The van der Waals surface area contributed by atoms with Crippen LogP contribution in [0.3, 0.4) is 0 Å². The topological polar surface area (TPSA) is 44.1 Å². The molecular formula is C12H14N2OS2. The number of nitriles is 1. The van der Waals surface area contributed by atoms with Crippen LogP contribution in [0.4, 0.5) is 0 Å². The number of nitrogens with zero attached hydrogens (tertiary/aromatic N) is 2. The fraction of sp³-hybridized carbons (Fsp3) is 0.500. The number of hydrogen-bond donors (Lipinski definition) is 0. The molecule has 2 rings (SSSR count). The number of thioether (sulfide) groups is 1. The molecule has 0 fully saturated rings. The van der Waals surface area contributed by atoms with Gasteiger partial charge in [-0.2, -0.15) is 17.0 Å². The number of rotatable bonds is 3. The molecule has 0 bridgehead atoms. The van der Waals surface area contributed by atoms with Crippen molar-refractivity contribution in [2.24, 2.45) is 0 Å². The molecule has 0 unspecified atom stereocenters. The zero-order valence-electron chi connectivity index (χ0n) is 9.73. The molecule has 1 aliphatic rings. The standard InChI is InChI=1S/C12H14N2OS2/c1-14(5-2-4-13)12(15)11-7-9-8-16-6-3-10(9)17-11/h7H,2-3,5-6,8H2,1H3. The minimum atomic E-state index is 0.0460. The molecular weight excluding hydrogens is 252 g/mol. The Labute approximate surface area is 109 Å². The average molecular weight is 266 g/mol. The van der Waals surface area contributed by atoms with E-state index in [0.717, 1.165) is 22.8 Å². The first-order chi connectivity index (χ1) is 8.22. The van der Waals surface area contributed by atoms with Crippen molar-refractivity contribution < 1.29 is 4.79 Å². The molecule has 5 heteroatoms. The van der Waals surface area contributed by atoms with Crippen molar-refractivity contribution >= 4 is 29.0 Å². The minimum Gasteiger partial charge on any atom is -0.340 e. The fourth-order valence-electron chi connectivity index (χ4n) is 1.76. The maximum absolute atomic E-state index is 12.1. The molecule has 1 aromatic rings. The number of thiophene rings is 1. The number of hydrogen-bond acceptors (Lipinski definition) is 4. The maximum atomic E-state index is 12.1. The smallest absolute Gasteiger partial charge is 0.263 e. The minimum absolute atomic E-state index is 0.0460. The van der Waals surface area contributed by atoms with E-state index in [1.807, 2.05) is 17.8 Å². The molecule has 17 heavy (non-hydrogen) atoms. The summed E-state index contributed by atoms with van der Waals surface area (Å²) in [6, 6.07) is 4.09. The summed E-state index contributed by atoms with van der Waals surface area (Å²) in [6.07, 6.45) is 1.48. The number of amides is 1. The molecule has 0 aromatic carbocycles. The van der Waals surface area contributed by atoms with Crippen LogP contribution in [-0.2, 0) is 12.2 Å². The molecule has 1 amide bonds. The summed E-state index contributed by atoms with van der Waals surface area (Å²) in [5.74, 6) is 2.23. The van der Waals surface area contributed by atoms with Crippen molar-refractivity contribution in [3.05, 3.63) is 21.4 Å². The van der Waals surface area contributed by atoms with E-state index >= 15 is 0 Å². The lowest BCUT2D eigenvalue weighted by molar-refractivity contribution is 0.0802. The predicted octanol–water partition coefficient (Wildman–Crippen LogP) is 2.52. The predicted molar refractivity (Wildman–Crippen MR) is 71.4 cm³/mol. The molecule has 2 heterocycles. The van der Waals surface area contributed by atoms with Crippen LogP contribution in [0.1, 0.15) is 26.5 Å². The molecule has 0 saturated heterocycles. The van der Waals surface area contributed by atoms with Gasteiger partial charge >= 0.3 is 0 Å². The number of carbonyl (C=O) groups excluding carboxylic acids is 1. The van der Waals surface area contributed by atoms with Crippen molar-refractivity contribution in [1.82, 2.24) is 4.90 Å². The van der Waals surface area contributed by atoms with Gasteiger partial charge in [0.15, 0.2) is 0 Å². The Morgan fingerprint density at radius 3 is 3.18 bits per heavy atom. The molecule has 90 valence electrons. The van der Waals surface area contributed by atoms with E-state index in [-0.39, 0.29) is 5.91 Å². The molecule has 3 nitrogen and oxygen atoms in total. The van der Waals surface area contributed by atoms with Gasteiger partial charge in [0.25, 0.3) is 5.91 Å². The van der Waals surface area contributed by atoms with E-state index < -0.39 is 0 Å².